The molecule has 1 aromatic heterocycles. The lowest BCUT2D eigenvalue weighted by Crippen LogP contribution is -2.00. The molecule has 0 bridgehead atoms. The van der Waals surface area contributed by atoms with Crippen LogP contribution in [0.4, 0.5) is 4.39 Å². The van der Waals surface area contributed by atoms with Crippen molar-refractivity contribution >= 4 is 0 Å². The Balaban J connectivity index is 3.07. The third kappa shape index (κ3) is 1.30. The maximum absolute atomic E-state index is 12.3. The van der Waals surface area contributed by atoms with Gasteiger partial charge in [0.15, 0.2) is 0 Å². The number of pyridine rings is 1. The summed E-state index contributed by atoms with van der Waals surface area (Å²) in [5.74, 6) is -0.449. The van der Waals surface area contributed by atoms with E-state index in [2.05, 4.69) is 4.98 Å². The Hall–Kier alpha value is -0.960. The Bertz CT molecular complexity index is 235. The van der Waals surface area contributed by atoms with Crippen molar-refractivity contribution in [2.45, 2.75) is 13.5 Å². The van der Waals surface area contributed by atoms with Crippen LogP contribution in [0.25, 0.3) is 0 Å². The highest BCUT2D eigenvalue weighted by Crippen LogP contribution is 2.05. The molecule has 0 aliphatic carbocycles. The van der Waals surface area contributed by atoms with Crippen molar-refractivity contribution in [2.24, 2.45) is 5.73 Å². The zero-order valence-electron chi connectivity index (χ0n) is 5.76. The summed E-state index contributed by atoms with van der Waals surface area (Å²) in [6.07, 6.45) is 1.46. The third-order valence-electron chi connectivity index (χ3n) is 1.41. The second-order valence-electron chi connectivity index (χ2n) is 2.14. The van der Waals surface area contributed by atoms with Gasteiger partial charge in [0.25, 0.3) is 0 Å². The fraction of sp³-hybridized carbons (Fsp3) is 0.286. The molecule has 0 radical (unpaired) electrons. The molecule has 0 spiro atoms. The topological polar surface area (TPSA) is 38.9 Å². The van der Waals surface area contributed by atoms with Crippen molar-refractivity contribution in [1.29, 1.82) is 0 Å². The van der Waals surface area contributed by atoms with E-state index in [0.29, 0.717) is 6.54 Å². The number of halogens is 1. The van der Waals surface area contributed by atoms with Crippen LogP contribution >= 0.6 is 0 Å². The van der Waals surface area contributed by atoms with Gasteiger partial charge >= 0.3 is 0 Å². The molecule has 1 aromatic rings. The molecule has 10 heavy (non-hydrogen) atoms. The SMILES string of the molecule is Cc1cc(F)ncc1CN. The van der Waals surface area contributed by atoms with E-state index in [1.54, 1.807) is 0 Å². The Morgan fingerprint density at radius 1 is 1.70 bits per heavy atom. The first kappa shape index (κ1) is 7.15. The largest absolute Gasteiger partial charge is 0.326 e. The van der Waals surface area contributed by atoms with Crippen molar-refractivity contribution in [1.82, 2.24) is 4.98 Å². The molecule has 54 valence electrons. The Labute approximate surface area is 58.9 Å². The second kappa shape index (κ2) is 2.75. The number of aryl methyl sites for hydroxylation is 1. The first-order valence-corrected chi connectivity index (χ1v) is 3.05. The molecule has 1 heterocycles. The molecule has 0 saturated carbocycles. The van der Waals surface area contributed by atoms with E-state index in [0.717, 1.165) is 11.1 Å². The van der Waals surface area contributed by atoms with Crippen LogP contribution in [0, 0.1) is 12.9 Å². The number of hydrogen-bond donors (Lipinski definition) is 1. The van der Waals surface area contributed by atoms with Gasteiger partial charge in [0.05, 0.1) is 0 Å². The highest BCUT2D eigenvalue weighted by atomic mass is 19.1. The van der Waals surface area contributed by atoms with Crippen molar-refractivity contribution in [2.75, 3.05) is 0 Å². The predicted molar refractivity (Wildman–Crippen MR) is 36.8 cm³/mol. The summed E-state index contributed by atoms with van der Waals surface area (Å²) in [6, 6.07) is 1.38. The summed E-state index contributed by atoms with van der Waals surface area (Å²) in [4.78, 5) is 3.46. The highest BCUT2D eigenvalue weighted by molar-refractivity contribution is 5.21. The van der Waals surface area contributed by atoms with Crippen LogP contribution in [0.15, 0.2) is 12.3 Å². The third-order valence-corrected chi connectivity index (χ3v) is 1.41. The predicted octanol–water partition coefficient (Wildman–Crippen LogP) is 0.988. The number of rotatable bonds is 1. The summed E-state index contributed by atoms with van der Waals surface area (Å²) < 4.78 is 12.3. The van der Waals surface area contributed by atoms with Gasteiger partial charge in [0.2, 0.25) is 5.95 Å². The van der Waals surface area contributed by atoms with Gasteiger partial charge in [0, 0.05) is 12.7 Å². The summed E-state index contributed by atoms with van der Waals surface area (Å²) in [5.41, 5.74) is 7.08. The van der Waals surface area contributed by atoms with Crippen LogP contribution in [-0.4, -0.2) is 4.98 Å². The van der Waals surface area contributed by atoms with Gasteiger partial charge in [-0.2, -0.15) is 4.39 Å². The minimum atomic E-state index is -0.449. The van der Waals surface area contributed by atoms with Crippen molar-refractivity contribution in [3.63, 3.8) is 0 Å². The van der Waals surface area contributed by atoms with E-state index in [9.17, 15) is 4.39 Å². The molecule has 0 aliphatic heterocycles. The van der Waals surface area contributed by atoms with Gasteiger partial charge < -0.3 is 5.73 Å². The van der Waals surface area contributed by atoms with Gasteiger partial charge in [-0.05, 0) is 24.1 Å². The standard InChI is InChI=1S/C7H9FN2/c1-5-2-7(8)10-4-6(5)3-9/h2,4H,3,9H2,1H3. The van der Waals surface area contributed by atoms with Gasteiger partial charge in [-0.15, -0.1) is 0 Å². The van der Waals surface area contributed by atoms with Crippen molar-refractivity contribution in [3.8, 4) is 0 Å². The first-order chi connectivity index (χ1) is 4.74. The molecule has 1 rings (SSSR count). The monoisotopic (exact) mass is 140 g/mol. The molecular formula is C7H9FN2. The van der Waals surface area contributed by atoms with Gasteiger partial charge in [-0.3, -0.25) is 0 Å². The van der Waals surface area contributed by atoms with Crippen LogP contribution in [0.2, 0.25) is 0 Å². The maximum Gasteiger partial charge on any atom is 0.213 e. The molecule has 2 nitrogen and oxygen atoms in total. The lowest BCUT2D eigenvalue weighted by atomic mass is 10.2. The van der Waals surface area contributed by atoms with Crippen molar-refractivity contribution in [3.05, 3.63) is 29.3 Å². The van der Waals surface area contributed by atoms with Gasteiger partial charge in [-0.25, -0.2) is 4.98 Å². The van der Waals surface area contributed by atoms with Crippen LogP contribution in [-0.2, 0) is 6.54 Å². The normalized spacial score (nSPS) is 9.90. The number of nitrogens with zero attached hydrogens (tertiary/aromatic N) is 1. The number of hydrogen-bond acceptors (Lipinski definition) is 2. The minimum Gasteiger partial charge on any atom is -0.326 e. The summed E-state index contributed by atoms with van der Waals surface area (Å²) >= 11 is 0. The second-order valence-corrected chi connectivity index (χ2v) is 2.14. The zero-order valence-corrected chi connectivity index (χ0v) is 5.76. The highest BCUT2D eigenvalue weighted by Gasteiger charge is 1.97. The molecule has 0 fully saturated rings. The van der Waals surface area contributed by atoms with E-state index in [-0.39, 0.29) is 0 Å². The quantitative estimate of drug-likeness (QED) is 0.591. The van der Waals surface area contributed by atoms with E-state index >= 15 is 0 Å². The molecule has 0 aliphatic rings. The number of aromatic nitrogens is 1. The summed E-state index contributed by atoms with van der Waals surface area (Å²) in [7, 11) is 0. The lowest BCUT2D eigenvalue weighted by molar-refractivity contribution is 0.580. The van der Waals surface area contributed by atoms with E-state index in [1.807, 2.05) is 6.92 Å². The molecular weight excluding hydrogens is 131 g/mol. The van der Waals surface area contributed by atoms with Gasteiger partial charge in [-0.1, -0.05) is 0 Å². The number of nitrogens with two attached hydrogens (primary N) is 1. The van der Waals surface area contributed by atoms with Crippen molar-refractivity contribution < 1.29 is 4.39 Å². The van der Waals surface area contributed by atoms with Crippen LogP contribution < -0.4 is 5.73 Å². The summed E-state index contributed by atoms with van der Waals surface area (Å²) in [5, 5.41) is 0. The summed E-state index contributed by atoms with van der Waals surface area (Å²) in [6.45, 7) is 2.23. The molecule has 2 N–H and O–H groups in total. The van der Waals surface area contributed by atoms with E-state index in [1.165, 1.54) is 12.3 Å². The molecule has 0 amide bonds. The Kier molecular flexibility index (Phi) is 1.97. The fourth-order valence-corrected chi connectivity index (χ4v) is 0.764. The zero-order chi connectivity index (χ0) is 7.56. The van der Waals surface area contributed by atoms with E-state index in [4.69, 9.17) is 5.73 Å². The maximum atomic E-state index is 12.3. The molecule has 0 atom stereocenters. The Morgan fingerprint density at radius 2 is 2.40 bits per heavy atom. The van der Waals surface area contributed by atoms with Crippen LogP contribution in [0.1, 0.15) is 11.1 Å². The van der Waals surface area contributed by atoms with E-state index < -0.39 is 5.95 Å². The minimum absolute atomic E-state index is 0.416. The first-order valence-electron chi connectivity index (χ1n) is 3.05. The molecule has 0 saturated heterocycles. The average Bonchev–Trinajstić information content (AvgIpc) is 1.88. The molecule has 0 aromatic carbocycles. The van der Waals surface area contributed by atoms with Crippen LogP contribution in [0.5, 0.6) is 0 Å². The van der Waals surface area contributed by atoms with Gasteiger partial charge in [0.1, 0.15) is 0 Å². The fourth-order valence-electron chi connectivity index (χ4n) is 0.764. The molecule has 0 unspecified atom stereocenters. The average molecular weight is 140 g/mol. The smallest absolute Gasteiger partial charge is 0.213 e. The van der Waals surface area contributed by atoms with Crippen LogP contribution in [0.3, 0.4) is 0 Å². The molecule has 3 heteroatoms. The Morgan fingerprint density at radius 3 is 2.90 bits per heavy atom. The lowest BCUT2D eigenvalue weighted by Gasteiger charge is -1.99.